The smallest absolute Gasteiger partial charge is 0.157 e. The van der Waals surface area contributed by atoms with Crippen molar-refractivity contribution < 1.29 is 15.0 Å². The maximum atomic E-state index is 10.1. The lowest BCUT2D eigenvalue weighted by atomic mass is 10.1. The van der Waals surface area contributed by atoms with Crippen molar-refractivity contribution in [1.29, 1.82) is 0 Å². The highest BCUT2D eigenvalue weighted by molar-refractivity contribution is 5.83. The number of carbonyl (C=O) groups is 1. The van der Waals surface area contributed by atoms with Gasteiger partial charge in [-0.05, 0) is 22.9 Å². The van der Waals surface area contributed by atoms with E-state index in [1.807, 2.05) is 42.5 Å². The molecule has 2 aromatic rings. The van der Waals surface area contributed by atoms with Crippen LogP contribution < -0.4 is 4.74 Å². The molecule has 0 aliphatic carbocycles. The molecule has 0 bridgehead atoms. The second-order valence-electron chi connectivity index (χ2n) is 2.99. The SMILES string of the molecule is O.O=CCOc1ccc2ccccc2c1. The van der Waals surface area contributed by atoms with Crippen LogP contribution in [-0.2, 0) is 4.79 Å². The molecule has 3 nitrogen and oxygen atoms in total. The molecular weight excluding hydrogens is 192 g/mol. The van der Waals surface area contributed by atoms with Crippen LogP contribution in [-0.4, -0.2) is 18.4 Å². The fraction of sp³-hybridized carbons (Fsp3) is 0.0833. The highest BCUT2D eigenvalue weighted by atomic mass is 16.5. The average molecular weight is 204 g/mol. The van der Waals surface area contributed by atoms with Crippen molar-refractivity contribution in [3.63, 3.8) is 0 Å². The van der Waals surface area contributed by atoms with Gasteiger partial charge in [0.15, 0.2) is 6.29 Å². The summed E-state index contributed by atoms with van der Waals surface area (Å²) in [6.45, 7) is 0.109. The first kappa shape index (κ1) is 11.2. The molecule has 15 heavy (non-hydrogen) atoms. The largest absolute Gasteiger partial charge is 0.486 e. The van der Waals surface area contributed by atoms with Crippen LogP contribution in [0.15, 0.2) is 42.5 Å². The molecule has 0 spiro atoms. The molecule has 0 aromatic heterocycles. The molecule has 0 aliphatic rings. The van der Waals surface area contributed by atoms with Crippen LogP contribution in [0.3, 0.4) is 0 Å². The van der Waals surface area contributed by atoms with E-state index in [-0.39, 0.29) is 12.1 Å². The molecule has 2 N–H and O–H groups in total. The van der Waals surface area contributed by atoms with Crippen molar-refractivity contribution in [2.75, 3.05) is 6.61 Å². The third-order valence-corrected chi connectivity index (χ3v) is 2.04. The van der Waals surface area contributed by atoms with Crippen molar-refractivity contribution in [1.82, 2.24) is 0 Å². The Hall–Kier alpha value is -1.87. The van der Waals surface area contributed by atoms with Gasteiger partial charge in [-0.3, -0.25) is 4.79 Å². The van der Waals surface area contributed by atoms with Crippen LogP contribution in [0.4, 0.5) is 0 Å². The first-order valence-corrected chi connectivity index (χ1v) is 4.45. The number of carbonyl (C=O) groups excluding carboxylic acids is 1. The summed E-state index contributed by atoms with van der Waals surface area (Å²) in [5.74, 6) is 0.732. The Kier molecular flexibility index (Phi) is 3.83. The summed E-state index contributed by atoms with van der Waals surface area (Å²) in [6.07, 6.45) is 0.745. The van der Waals surface area contributed by atoms with E-state index in [9.17, 15) is 4.79 Å². The van der Waals surface area contributed by atoms with Gasteiger partial charge in [0, 0.05) is 0 Å². The summed E-state index contributed by atoms with van der Waals surface area (Å²) in [5, 5.41) is 2.29. The Morgan fingerprint density at radius 3 is 2.53 bits per heavy atom. The number of rotatable bonds is 3. The maximum absolute atomic E-state index is 10.1. The van der Waals surface area contributed by atoms with Gasteiger partial charge < -0.3 is 10.2 Å². The van der Waals surface area contributed by atoms with Gasteiger partial charge in [0.25, 0.3) is 0 Å². The molecular formula is C12H12O3. The van der Waals surface area contributed by atoms with Gasteiger partial charge in [0.2, 0.25) is 0 Å². The average Bonchev–Trinajstić information content (AvgIpc) is 2.26. The van der Waals surface area contributed by atoms with E-state index in [0.29, 0.717) is 0 Å². The lowest BCUT2D eigenvalue weighted by Crippen LogP contribution is -1.97. The van der Waals surface area contributed by atoms with Crippen LogP contribution in [0.5, 0.6) is 5.75 Å². The van der Waals surface area contributed by atoms with Crippen LogP contribution >= 0.6 is 0 Å². The van der Waals surface area contributed by atoms with Gasteiger partial charge >= 0.3 is 0 Å². The first-order valence-electron chi connectivity index (χ1n) is 4.45. The fourth-order valence-electron chi connectivity index (χ4n) is 1.39. The zero-order valence-electron chi connectivity index (χ0n) is 8.14. The number of benzene rings is 2. The Morgan fingerprint density at radius 1 is 1.07 bits per heavy atom. The minimum atomic E-state index is 0. The van der Waals surface area contributed by atoms with E-state index in [1.165, 1.54) is 5.39 Å². The second kappa shape index (κ2) is 5.12. The summed E-state index contributed by atoms with van der Waals surface area (Å²) in [5.41, 5.74) is 0. The molecule has 0 heterocycles. The van der Waals surface area contributed by atoms with E-state index in [4.69, 9.17) is 4.74 Å². The summed E-state index contributed by atoms with van der Waals surface area (Å²) in [6, 6.07) is 13.8. The van der Waals surface area contributed by atoms with E-state index >= 15 is 0 Å². The highest BCUT2D eigenvalue weighted by Crippen LogP contribution is 2.20. The van der Waals surface area contributed by atoms with Crippen LogP contribution in [0.1, 0.15) is 0 Å². The molecule has 3 heteroatoms. The summed E-state index contributed by atoms with van der Waals surface area (Å²) in [4.78, 5) is 10.1. The van der Waals surface area contributed by atoms with Crippen molar-refractivity contribution in [2.24, 2.45) is 0 Å². The number of ether oxygens (including phenoxy) is 1. The summed E-state index contributed by atoms with van der Waals surface area (Å²) in [7, 11) is 0. The normalized spacial score (nSPS) is 9.33. The quantitative estimate of drug-likeness (QED) is 0.713. The topological polar surface area (TPSA) is 57.8 Å². The molecule has 0 fully saturated rings. The van der Waals surface area contributed by atoms with Crippen molar-refractivity contribution in [3.8, 4) is 5.75 Å². The van der Waals surface area contributed by atoms with E-state index in [1.54, 1.807) is 0 Å². The Labute approximate surface area is 87.6 Å². The third-order valence-electron chi connectivity index (χ3n) is 2.04. The molecule has 2 aromatic carbocycles. The zero-order chi connectivity index (χ0) is 9.80. The van der Waals surface area contributed by atoms with Gasteiger partial charge in [-0.2, -0.15) is 0 Å². The Balaban J connectivity index is 0.00000112. The van der Waals surface area contributed by atoms with Gasteiger partial charge in [-0.15, -0.1) is 0 Å². The molecule has 0 unspecified atom stereocenters. The molecule has 0 radical (unpaired) electrons. The molecule has 78 valence electrons. The van der Waals surface area contributed by atoms with Crippen molar-refractivity contribution >= 4 is 17.1 Å². The standard InChI is InChI=1S/C12H10O2.H2O/c13-7-8-14-12-6-5-10-3-1-2-4-11(10)9-12;/h1-7,9H,8H2;1H2. The summed E-state index contributed by atoms with van der Waals surface area (Å²) < 4.78 is 5.20. The van der Waals surface area contributed by atoms with E-state index in [0.717, 1.165) is 17.4 Å². The van der Waals surface area contributed by atoms with Gasteiger partial charge in [-0.25, -0.2) is 0 Å². The minimum absolute atomic E-state index is 0. The predicted molar refractivity (Wildman–Crippen MR) is 59.1 cm³/mol. The number of hydrogen-bond donors (Lipinski definition) is 0. The molecule has 0 aliphatic heterocycles. The molecule has 0 amide bonds. The van der Waals surface area contributed by atoms with Crippen molar-refractivity contribution in [3.05, 3.63) is 42.5 Å². The monoisotopic (exact) mass is 204 g/mol. The van der Waals surface area contributed by atoms with Gasteiger partial charge in [-0.1, -0.05) is 30.3 Å². The molecule has 0 atom stereocenters. The molecule has 0 saturated heterocycles. The van der Waals surface area contributed by atoms with Crippen molar-refractivity contribution in [2.45, 2.75) is 0 Å². The van der Waals surface area contributed by atoms with Crippen LogP contribution in [0.25, 0.3) is 10.8 Å². The third kappa shape index (κ3) is 2.54. The highest BCUT2D eigenvalue weighted by Gasteiger charge is 1.95. The first-order chi connectivity index (χ1) is 6.90. The maximum Gasteiger partial charge on any atom is 0.157 e. The zero-order valence-corrected chi connectivity index (χ0v) is 8.14. The molecule has 0 saturated carbocycles. The van der Waals surface area contributed by atoms with Gasteiger partial charge in [0.05, 0.1) is 0 Å². The fourth-order valence-corrected chi connectivity index (χ4v) is 1.39. The van der Waals surface area contributed by atoms with Gasteiger partial charge in [0.1, 0.15) is 12.4 Å². The number of fused-ring (bicyclic) bond motifs is 1. The van der Waals surface area contributed by atoms with Crippen LogP contribution in [0, 0.1) is 0 Å². The van der Waals surface area contributed by atoms with Crippen LogP contribution in [0.2, 0.25) is 0 Å². The Morgan fingerprint density at radius 2 is 1.80 bits per heavy atom. The lowest BCUT2D eigenvalue weighted by Gasteiger charge is -2.03. The second-order valence-corrected chi connectivity index (χ2v) is 2.99. The number of aldehydes is 1. The lowest BCUT2D eigenvalue weighted by molar-refractivity contribution is -0.109. The summed E-state index contributed by atoms with van der Waals surface area (Å²) >= 11 is 0. The Bertz CT molecular complexity index is 451. The van der Waals surface area contributed by atoms with E-state index in [2.05, 4.69) is 0 Å². The minimum Gasteiger partial charge on any atom is -0.486 e. The predicted octanol–water partition coefficient (Wildman–Crippen LogP) is 1.59. The molecule has 2 rings (SSSR count). The number of hydrogen-bond acceptors (Lipinski definition) is 2. The van der Waals surface area contributed by atoms with E-state index < -0.39 is 0 Å².